The number of aromatic nitrogens is 3. The van der Waals surface area contributed by atoms with E-state index in [0.717, 1.165) is 22.8 Å². The summed E-state index contributed by atoms with van der Waals surface area (Å²) in [6, 6.07) is 15.1. The van der Waals surface area contributed by atoms with Crippen LogP contribution in [0.1, 0.15) is 22.8 Å². The number of nitrogens with zero attached hydrogens (tertiary/aromatic N) is 2. The summed E-state index contributed by atoms with van der Waals surface area (Å²) in [5.74, 6) is -0.122. The second kappa shape index (κ2) is 10.8. The summed E-state index contributed by atoms with van der Waals surface area (Å²) in [6.45, 7) is 1.09. The number of nitrogens with one attached hydrogen (secondary N) is 3. The quantitative estimate of drug-likeness (QED) is 0.489. The number of H-pyrrole nitrogens is 1. The number of amides is 2. The average Bonchev–Trinajstić information content (AvgIpc) is 3.16. The van der Waals surface area contributed by atoms with Crippen molar-refractivity contribution in [1.82, 2.24) is 25.6 Å². The molecule has 3 aromatic rings. The van der Waals surface area contributed by atoms with Gasteiger partial charge in [0.1, 0.15) is 0 Å². The molecule has 0 aliphatic rings. The third kappa shape index (κ3) is 7.21. The minimum Gasteiger partial charge on any atom is -0.361 e. The fraction of sp³-hybridized carbons (Fsp3) is 0.273. The summed E-state index contributed by atoms with van der Waals surface area (Å²) in [6.07, 6.45) is 5.38. The lowest BCUT2D eigenvalue weighted by atomic mass is 10.2. The van der Waals surface area contributed by atoms with Crippen LogP contribution in [0.25, 0.3) is 0 Å². The first-order chi connectivity index (χ1) is 14.2. The Balaban J connectivity index is 1.35. The lowest BCUT2D eigenvalue weighted by Gasteiger charge is -2.05. The first-order valence-corrected chi connectivity index (χ1v) is 9.69. The first-order valence-electron chi connectivity index (χ1n) is 9.69. The molecule has 3 rings (SSSR count). The lowest BCUT2D eigenvalue weighted by molar-refractivity contribution is -0.121. The van der Waals surface area contributed by atoms with Crippen molar-refractivity contribution in [3.05, 3.63) is 83.7 Å². The van der Waals surface area contributed by atoms with E-state index >= 15 is 0 Å². The third-order valence-electron chi connectivity index (χ3n) is 4.37. The van der Waals surface area contributed by atoms with E-state index in [1.165, 1.54) is 0 Å². The highest BCUT2D eigenvalue weighted by molar-refractivity contribution is 5.79. The number of carbonyl (C=O) groups excluding carboxylic acids is 2. The van der Waals surface area contributed by atoms with Gasteiger partial charge in [0.15, 0.2) is 0 Å². The number of pyridine rings is 2. The molecule has 0 spiro atoms. The summed E-state index contributed by atoms with van der Waals surface area (Å²) in [4.78, 5) is 35.8. The van der Waals surface area contributed by atoms with Crippen LogP contribution < -0.4 is 10.6 Å². The van der Waals surface area contributed by atoms with Gasteiger partial charge in [-0.05, 0) is 36.4 Å². The zero-order valence-electron chi connectivity index (χ0n) is 16.2. The normalized spacial score (nSPS) is 10.5. The van der Waals surface area contributed by atoms with Gasteiger partial charge in [0.25, 0.3) is 0 Å². The van der Waals surface area contributed by atoms with Crippen molar-refractivity contribution >= 4 is 11.8 Å². The molecular formula is C22H25N5O2. The molecule has 0 atom stereocenters. The maximum atomic E-state index is 12.1. The molecule has 0 bridgehead atoms. The van der Waals surface area contributed by atoms with Crippen molar-refractivity contribution in [2.24, 2.45) is 0 Å². The van der Waals surface area contributed by atoms with Crippen LogP contribution in [0.2, 0.25) is 0 Å². The average molecular weight is 391 g/mol. The summed E-state index contributed by atoms with van der Waals surface area (Å²) in [7, 11) is 0. The third-order valence-corrected chi connectivity index (χ3v) is 4.37. The van der Waals surface area contributed by atoms with Crippen LogP contribution in [0.5, 0.6) is 0 Å². The van der Waals surface area contributed by atoms with Gasteiger partial charge in [0.2, 0.25) is 11.8 Å². The molecule has 3 aromatic heterocycles. The minimum atomic E-state index is -0.0610. The van der Waals surface area contributed by atoms with E-state index in [0.29, 0.717) is 25.9 Å². The van der Waals surface area contributed by atoms with E-state index in [4.69, 9.17) is 0 Å². The van der Waals surface area contributed by atoms with Crippen molar-refractivity contribution in [3.8, 4) is 0 Å². The van der Waals surface area contributed by atoms with Crippen molar-refractivity contribution < 1.29 is 9.59 Å². The van der Waals surface area contributed by atoms with Crippen LogP contribution in [0.15, 0.2) is 60.9 Å². The molecule has 150 valence electrons. The van der Waals surface area contributed by atoms with Crippen LogP contribution >= 0.6 is 0 Å². The van der Waals surface area contributed by atoms with E-state index in [2.05, 4.69) is 25.6 Å². The van der Waals surface area contributed by atoms with E-state index in [1.807, 2.05) is 48.5 Å². The molecule has 29 heavy (non-hydrogen) atoms. The zero-order valence-corrected chi connectivity index (χ0v) is 16.2. The predicted octanol–water partition coefficient (Wildman–Crippen LogP) is 1.61. The molecule has 0 radical (unpaired) electrons. The van der Waals surface area contributed by atoms with E-state index in [1.54, 1.807) is 12.4 Å². The van der Waals surface area contributed by atoms with Gasteiger partial charge in [0, 0.05) is 61.1 Å². The van der Waals surface area contributed by atoms with E-state index in [9.17, 15) is 9.59 Å². The van der Waals surface area contributed by atoms with Gasteiger partial charge in [0.05, 0.1) is 12.8 Å². The molecule has 0 saturated carbocycles. The number of hydrogen-bond acceptors (Lipinski definition) is 4. The second-order valence-electron chi connectivity index (χ2n) is 6.70. The fourth-order valence-electron chi connectivity index (χ4n) is 2.92. The molecule has 0 aromatic carbocycles. The summed E-state index contributed by atoms with van der Waals surface area (Å²) in [5.41, 5.74) is 3.47. The summed E-state index contributed by atoms with van der Waals surface area (Å²) < 4.78 is 0. The Kier molecular flexibility index (Phi) is 7.51. The van der Waals surface area contributed by atoms with Gasteiger partial charge in [-0.25, -0.2) is 0 Å². The van der Waals surface area contributed by atoms with Gasteiger partial charge in [-0.15, -0.1) is 0 Å². The van der Waals surface area contributed by atoms with Crippen LogP contribution in [0.4, 0.5) is 0 Å². The number of hydrogen-bond donors (Lipinski definition) is 3. The number of carbonyl (C=O) groups is 2. The molecule has 0 saturated heterocycles. The van der Waals surface area contributed by atoms with E-state index < -0.39 is 0 Å². The molecule has 0 fully saturated rings. The Labute approximate surface area is 170 Å². The predicted molar refractivity (Wildman–Crippen MR) is 110 cm³/mol. The zero-order chi connectivity index (χ0) is 20.3. The Hall–Kier alpha value is -3.48. The van der Waals surface area contributed by atoms with E-state index in [-0.39, 0.29) is 24.7 Å². The minimum absolute atomic E-state index is 0.0610. The van der Waals surface area contributed by atoms with Gasteiger partial charge in [-0.1, -0.05) is 12.1 Å². The van der Waals surface area contributed by atoms with Crippen LogP contribution in [-0.4, -0.2) is 39.9 Å². The maximum absolute atomic E-state index is 12.1. The van der Waals surface area contributed by atoms with Gasteiger partial charge >= 0.3 is 0 Å². The molecule has 0 unspecified atom stereocenters. The Morgan fingerprint density at radius 2 is 1.21 bits per heavy atom. The van der Waals surface area contributed by atoms with Crippen molar-refractivity contribution in [3.63, 3.8) is 0 Å². The molecule has 3 N–H and O–H groups in total. The molecular weight excluding hydrogens is 366 g/mol. The smallest absolute Gasteiger partial charge is 0.225 e. The Morgan fingerprint density at radius 3 is 1.62 bits per heavy atom. The highest BCUT2D eigenvalue weighted by atomic mass is 16.2. The fourth-order valence-corrected chi connectivity index (χ4v) is 2.92. The van der Waals surface area contributed by atoms with Crippen LogP contribution in [0, 0.1) is 0 Å². The monoisotopic (exact) mass is 391 g/mol. The summed E-state index contributed by atoms with van der Waals surface area (Å²) in [5, 5.41) is 5.78. The van der Waals surface area contributed by atoms with Crippen molar-refractivity contribution in [2.45, 2.75) is 25.7 Å². The highest BCUT2D eigenvalue weighted by Gasteiger charge is 2.08. The van der Waals surface area contributed by atoms with Gasteiger partial charge in [-0.2, -0.15) is 0 Å². The molecule has 0 aliphatic carbocycles. The topological polar surface area (TPSA) is 99.8 Å². The summed E-state index contributed by atoms with van der Waals surface area (Å²) >= 11 is 0. The molecule has 0 aliphatic heterocycles. The van der Waals surface area contributed by atoms with Crippen LogP contribution in [0.3, 0.4) is 0 Å². The first kappa shape index (κ1) is 20.3. The number of aromatic amines is 1. The SMILES string of the molecule is O=C(Cc1ccc(CC(=O)NCCc2ccccn2)[nH]1)NCCc1ccccn1. The van der Waals surface area contributed by atoms with Gasteiger partial charge in [-0.3, -0.25) is 19.6 Å². The second-order valence-corrected chi connectivity index (χ2v) is 6.70. The number of rotatable bonds is 10. The Morgan fingerprint density at radius 1 is 0.724 bits per heavy atom. The molecule has 7 heteroatoms. The standard InChI is InChI=1S/C22H25N5O2/c28-21(25-13-9-17-5-1-3-11-23-17)15-19-7-8-20(27-19)16-22(29)26-14-10-18-6-2-4-12-24-18/h1-8,11-12,27H,9-10,13-16H2,(H,25,28)(H,26,29). The Bertz CT molecular complexity index is 835. The van der Waals surface area contributed by atoms with Crippen molar-refractivity contribution in [1.29, 1.82) is 0 Å². The molecule has 2 amide bonds. The molecule has 7 nitrogen and oxygen atoms in total. The van der Waals surface area contributed by atoms with Crippen LogP contribution in [-0.2, 0) is 35.3 Å². The van der Waals surface area contributed by atoms with Crippen molar-refractivity contribution in [2.75, 3.05) is 13.1 Å². The largest absolute Gasteiger partial charge is 0.361 e. The highest BCUT2D eigenvalue weighted by Crippen LogP contribution is 2.04. The molecule has 3 heterocycles. The maximum Gasteiger partial charge on any atom is 0.225 e. The van der Waals surface area contributed by atoms with Gasteiger partial charge < -0.3 is 15.6 Å². The lowest BCUT2D eigenvalue weighted by Crippen LogP contribution is -2.28.